The van der Waals surface area contributed by atoms with Crippen LogP contribution in [0.15, 0.2) is 18.2 Å². The second-order valence-corrected chi connectivity index (χ2v) is 4.38. The van der Waals surface area contributed by atoms with Crippen LogP contribution in [0.4, 0.5) is 11.4 Å². The van der Waals surface area contributed by atoms with Gasteiger partial charge in [0, 0.05) is 12.6 Å². The van der Waals surface area contributed by atoms with E-state index in [0.717, 1.165) is 30.8 Å². The largest absolute Gasteiger partial charge is 0.497 e. The first-order chi connectivity index (χ1) is 7.73. The molecule has 0 aromatic heterocycles. The van der Waals surface area contributed by atoms with Crippen LogP contribution in [-0.4, -0.2) is 19.2 Å². The van der Waals surface area contributed by atoms with Crippen molar-refractivity contribution in [3.8, 4) is 5.75 Å². The Kier molecular flexibility index (Phi) is 2.95. The maximum absolute atomic E-state index is 5.25. The molecule has 2 N–H and O–H groups in total. The van der Waals surface area contributed by atoms with Gasteiger partial charge in [0.05, 0.1) is 24.0 Å². The summed E-state index contributed by atoms with van der Waals surface area (Å²) in [4.78, 5) is 0. The van der Waals surface area contributed by atoms with E-state index >= 15 is 0 Å². The first-order valence-electron chi connectivity index (χ1n) is 5.93. The quantitative estimate of drug-likeness (QED) is 0.821. The highest BCUT2D eigenvalue weighted by Gasteiger charge is 2.30. The monoisotopic (exact) mass is 220 g/mol. The summed E-state index contributed by atoms with van der Waals surface area (Å²) in [6.45, 7) is 5.44. The normalized spacial score (nSPS) is 16.9. The molecular weight excluding hydrogens is 200 g/mol. The summed E-state index contributed by atoms with van der Waals surface area (Å²) in [6.07, 6.45) is 2.24. The molecule has 0 spiro atoms. The molecular formula is C13H20N2O. The van der Waals surface area contributed by atoms with Crippen molar-refractivity contribution in [1.82, 2.24) is 0 Å². The number of fused-ring (bicyclic) bond motifs is 1. The zero-order chi connectivity index (χ0) is 11.6. The summed E-state index contributed by atoms with van der Waals surface area (Å²) < 4.78 is 5.25. The molecule has 1 heterocycles. The molecule has 3 nitrogen and oxygen atoms in total. The maximum Gasteiger partial charge on any atom is 0.121 e. The molecule has 1 aromatic carbocycles. The Morgan fingerprint density at radius 1 is 1.25 bits per heavy atom. The molecule has 0 radical (unpaired) electrons. The molecule has 88 valence electrons. The first kappa shape index (κ1) is 11.1. The Balaban J connectivity index is 2.30. The lowest BCUT2D eigenvalue weighted by molar-refractivity contribution is 0.413. The molecule has 16 heavy (non-hydrogen) atoms. The summed E-state index contributed by atoms with van der Waals surface area (Å²) >= 11 is 0. The van der Waals surface area contributed by atoms with Gasteiger partial charge in [-0.1, -0.05) is 13.8 Å². The van der Waals surface area contributed by atoms with Crippen molar-refractivity contribution in [3.63, 3.8) is 0 Å². The molecule has 0 bridgehead atoms. The highest BCUT2D eigenvalue weighted by Crippen LogP contribution is 2.35. The van der Waals surface area contributed by atoms with Gasteiger partial charge in [-0.15, -0.1) is 0 Å². The average Bonchev–Trinajstić information content (AvgIpc) is 2.37. The zero-order valence-electron chi connectivity index (χ0n) is 10.3. The number of benzene rings is 1. The van der Waals surface area contributed by atoms with Crippen molar-refractivity contribution < 1.29 is 4.74 Å². The van der Waals surface area contributed by atoms with E-state index in [9.17, 15) is 0 Å². The number of hydrogen-bond donors (Lipinski definition) is 2. The SMILES string of the molecule is CCC1(CC)CNc2ccc(OC)cc2N1. The standard InChI is InChI=1S/C13H20N2O/c1-4-13(5-2)9-14-11-7-6-10(16-3)8-12(11)15-13/h6-8,14-15H,4-5,9H2,1-3H3. The summed E-state index contributed by atoms with van der Waals surface area (Å²) in [5.41, 5.74) is 2.49. The van der Waals surface area contributed by atoms with Crippen molar-refractivity contribution in [3.05, 3.63) is 18.2 Å². The van der Waals surface area contributed by atoms with Crippen LogP contribution in [0.3, 0.4) is 0 Å². The lowest BCUT2D eigenvalue weighted by Crippen LogP contribution is -2.46. The van der Waals surface area contributed by atoms with Crippen LogP contribution in [0.2, 0.25) is 0 Å². The lowest BCUT2D eigenvalue weighted by Gasteiger charge is -2.39. The fourth-order valence-electron chi connectivity index (χ4n) is 2.18. The lowest BCUT2D eigenvalue weighted by atomic mass is 9.90. The number of methoxy groups -OCH3 is 1. The number of ether oxygens (including phenoxy) is 1. The van der Waals surface area contributed by atoms with E-state index in [1.165, 1.54) is 5.69 Å². The minimum Gasteiger partial charge on any atom is -0.497 e. The third kappa shape index (κ3) is 1.82. The molecule has 0 fully saturated rings. The fraction of sp³-hybridized carbons (Fsp3) is 0.538. The van der Waals surface area contributed by atoms with E-state index in [4.69, 9.17) is 4.74 Å². The van der Waals surface area contributed by atoms with Gasteiger partial charge in [-0.25, -0.2) is 0 Å². The third-order valence-corrected chi connectivity index (χ3v) is 3.60. The second-order valence-electron chi connectivity index (χ2n) is 4.38. The van der Waals surface area contributed by atoms with Crippen LogP contribution in [-0.2, 0) is 0 Å². The topological polar surface area (TPSA) is 33.3 Å². The molecule has 0 amide bonds. The minimum absolute atomic E-state index is 0.180. The van der Waals surface area contributed by atoms with Crippen LogP contribution in [0.5, 0.6) is 5.75 Å². The molecule has 0 atom stereocenters. The van der Waals surface area contributed by atoms with E-state index in [0.29, 0.717) is 0 Å². The fourth-order valence-corrected chi connectivity index (χ4v) is 2.18. The first-order valence-corrected chi connectivity index (χ1v) is 5.93. The Labute approximate surface area is 97.2 Å². The van der Waals surface area contributed by atoms with E-state index in [1.807, 2.05) is 6.07 Å². The predicted octanol–water partition coefficient (Wildman–Crippen LogP) is 3.09. The van der Waals surface area contributed by atoms with Gasteiger partial charge in [0.2, 0.25) is 0 Å². The Bertz CT molecular complexity index is 372. The smallest absolute Gasteiger partial charge is 0.121 e. The summed E-state index contributed by atoms with van der Waals surface area (Å²) in [7, 11) is 1.70. The average molecular weight is 220 g/mol. The Hall–Kier alpha value is -1.38. The molecule has 0 aliphatic carbocycles. The van der Waals surface area contributed by atoms with E-state index in [2.05, 4.69) is 36.6 Å². The van der Waals surface area contributed by atoms with Gasteiger partial charge >= 0.3 is 0 Å². The van der Waals surface area contributed by atoms with Gasteiger partial charge in [0.15, 0.2) is 0 Å². The van der Waals surface area contributed by atoms with Gasteiger partial charge < -0.3 is 15.4 Å². The van der Waals surface area contributed by atoms with E-state index < -0.39 is 0 Å². The van der Waals surface area contributed by atoms with Crippen molar-refractivity contribution in [1.29, 1.82) is 0 Å². The summed E-state index contributed by atoms with van der Waals surface area (Å²) in [5.74, 6) is 0.899. The highest BCUT2D eigenvalue weighted by atomic mass is 16.5. The molecule has 0 unspecified atom stereocenters. The maximum atomic E-state index is 5.25. The number of hydrogen-bond acceptors (Lipinski definition) is 3. The molecule has 1 aliphatic rings. The molecule has 0 saturated carbocycles. The minimum atomic E-state index is 0.180. The number of rotatable bonds is 3. The molecule has 1 aliphatic heterocycles. The highest BCUT2D eigenvalue weighted by molar-refractivity contribution is 5.74. The Morgan fingerprint density at radius 2 is 2.00 bits per heavy atom. The predicted molar refractivity (Wildman–Crippen MR) is 68.4 cm³/mol. The van der Waals surface area contributed by atoms with Crippen molar-refractivity contribution in [2.75, 3.05) is 24.3 Å². The van der Waals surface area contributed by atoms with Crippen LogP contribution in [0.1, 0.15) is 26.7 Å². The van der Waals surface area contributed by atoms with E-state index in [1.54, 1.807) is 7.11 Å². The molecule has 0 saturated heterocycles. The Morgan fingerprint density at radius 3 is 2.62 bits per heavy atom. The van der Waals surface area contributed by atoms with Crippen molar-refractivity contribution in [2.24, 2.45) is 0 Å². The van der Waals surface area contributed by atoms with Crippen LogP contribution in [0, 0.1) is 0 Å². The second kappa shape index (κ2) is 4.24. The number of nitrogens with one attached hydrogen (secondary N) is 2. The van der Waals surface area contributed by atoms with Gasteiger partial charge in [0.1, 0.15) is 5.75 Å². The zero-order valence-corrected chi connectivity index (χ0v) is 10.3. The van der Waals surface area contributed by atoms with Crippen LogP contribution in [0.25, 0.3) is 0 Å². The van der Waals surface area contributed by atoms with Crippen molar-refractivity contribution in [2.45, 2.75) is 32.2 Å². The van der Waals surface area contributed by atoms with Gasteiger partial charge in [-0.05, 0) is 25.0 Å². The van der Waals surface area contributed by atoms with Crippen LogP contribution >= 0.6 is 0 Å². The molecule has 3 heteroatoms. The van der Waals surface area contributed by atoms with Gasteiger partial charge in [-0.3, -0.25) is 0 Å². The molecule has 2 rings (SSSR count). The van der Waals surface area contributed by atoms with Crippen molar-refractivity contribution >= 4 is 11.4 Å². The number of anilines is 2. The third-order valence-electron chi connectivity index (χ3n) is 3.60. The summed E-state index contributed by atoms with van der Waals surface area (Å²) in [6, 6.07) is 6.11. The van der Waals surface area contributed by atoms with E-state index in [-0.39, 0.29) is 5.54 Å². The van der Waals surface area contributed by atoms with Gasteiger partial charge in [0.25, 0.3) is 0 Å². The summed E-state index contributed by atoms with van der Waals surface area (Å²) in [5, 5.41) is 7.13. The van der Waals surface area contributed by atoms with Gasteiger partial charge in [-0.2, -0.15) is 0 Å². The molecule has 1 aromatic rings. The van der Waals surface area contributed by atoms with Crippen LogP contribution < -0.4 is 15.4 Å².